The van der Waals surface area contributed by atoms with Gasteiger partial charge in [-0.05, 0) is 68.7 Å². The van der Waals surface area contributed by atoms with Crippen molar-refractivity contribution in [3.63, 3.8) is 0 Å². The number of likely N-dealkylation sites (tertiary alicyclic amines) is 1. The monoisotopic (exact) mass is 404 g/mol. The van der Waals surface area contributed by atoms with E-state index in [1.165, 1.54) is 7.05 Å². The Morgan fingerprint density at radius 2 is 2.07 bits per heavy atom. The van der Waals surface area contributed by atoms with Gasteiger partial charge in [0.1, 0.15) is 5.69 Å². The summed E-state index contributed by atoms with van der Waals surface area (Å²) in [5, 5.41) is 19.8. The topological polar surface area (TPSA) is 111 Å². The minimum Gasteiger partial charge on any atom is -0.387 e. The van der Waals surface area contributed by atoms with Crippen LogP contribution in [0.15, 0.2) is 23.4 Å². The molecule has 3 unspecified atom stereocenters. The number of carbonyl (C=O) groups is 2. The highest BCUT2D eigenvalue weighted by molar-refractivity contribution is 5.94. The van der Waals surface area contributed by atoms with Crippen molar-refractivity contribution >= 4 is 17.6 Å². The van der Waals surface area contributed by atoms with Gasteiger partial charge in [-0.1, -0.05) is 19.4 Å². The van der Waals surface area contributed by atoms with Crippen molar-refractivity contribution in [1.29, 1.82) is 0 Å². The van der Waals surface area contributed by atoms with Crippen LogP contribution in [0.2, 0.25) is 0 Å². The fourth-order valence-electron chi connectivity index (χ4n) is 4.77. The highest BCUT2D eigenvalue weighted by atomic mass is 16.3. The van der Waals surface area contributed by atoms with Gasteiger partial charge < -0.3 is 15.3 Å². The number of likely N-dealkylation sites (N-methyl/N-ethyl adjacent to an activating group) is 1. The van der Waals surface area contributed by atoms with Gasteiger partial charge >= 0.3 is 6.03 Å². The number of rotatable bonds is 6. The Morgan fingerprint density at radius 1 is 1.38 bits per heavy atom. The Bertz CT molecular complexity index is 784. The summed E-state index contributed by atoms with van der Waals surface area (Å²) in [5.74, 6) is -0.473. The maximum atomic E-state index is 12.8. The normalized spacial score (nSPS) is 27.3. The number of aryl methyl sites for hydroxylation is 1. The zero-order valence-corrected chi connectivity index (χ0v) is 17.9. The first kappa shape index (κ1) is 23.0. The first-order valence-corrected chi connectivity index (χ1v) is 10.0. The smallest absolute Gasteiger partial charge is 0.321 e. The third-order valence-electron chi connectivity index (χ3n) is 6.49. The molecule has 0 bridgehead atoms. The van der Waals surface area contributed by atoms with Gasteiger partial charge in [0.15, 0.2) is 0 Å². The zero-order chi connectivity index (χ0) is 21.8. The first-order chi connectivity index (χ1) is 13.6. The third kappa shape index (κ3) is 4.18. The number of urea groups is 1. The van der Waals surface area contributed by atoms with E-state index in [-0.39, 0.29) is 18.2 Å². The molecule has 1 aliphatic rings. The number of imide groups is 1. The van der Waals surface area contributed by atoms with Crippen LogP contribution < -0.4 is 10.6 Å². The molecule has 160 valence electrons. The average molecular weight is 405 g/mol. The maximum absolute atomic E-state index is 12.8. The molecule has 1 heterocycles. The Balaban J connectivity index is 2.69. The number of hydrogen-bond acceptors (Lipinski definition) is 6. The molecular weight excluding hydrogens is 372 g/mol. The van der Waals surface area contributed by atoms with Crippen LogP contribution in [-0.2, 0) is 10.2 Å². The van der Waals surface area contributed by atoms with Gasteiger partial charge in [-0.15, -0.1) is 4.91 Å². The van der Waals surface area contributed by atoms with Crippen LogP contribution in [-0.4, -0.2) is 54.2 Å². The Kier molecular flexibility index (Phi) is 7.13. The van der Waals surface area contributed by atoms with Crippen LogP contribution in [0.25, 0.3) is 0 Å². The third-order valence-corrected chi connectivity index (χ3v) is 6.49. The molecule has 0 radical (unpaired) electrons. The van der Waals surface area contributed by atoms with E-state index in [1.807, 2.05) is 27.8 Å². The first-order valence-electron chi connectivity index (χ1n) is 10.0. The van der Waals surface area contributed by atoms with E-state index in [1.54, 1.807) is 18.2 Å². The van der Waals surface area contributed by atoms with Crippen molar-refractivity contribution < 1.29 is 14.7 Å². The summed E-state index contributed by atoms with van der Waals surface area (Å²) in [4.78, 5) is 37.8. The lowest BCUT2D eigenvalue weighted by Crippen LogP contribution is -2.68. The predicted octanol–water partition coefficient (Wildman–Crippen LogP) is 2.73. The van der Waals surface area contributed by atoms with E-state index in [0.717, 1.165) is 17.5 Å². The van der Waals surface area contributed by atoms with Crippen LogP contribution in [0.4, 0.5) is 10.5 Å². The maximum Gasteiger partial charge on any atom is 0.321 e. The van der Waals surface area contributed by atoms with E-state index in [2.05, 4.69) is 20.7 Å². The Hall–Kier alpha value is -2.32. The molecule has 0 spiro atoms. The molecule has 1 fully saturated rings. The molecule has 29 heavy (non-hydrogen) atoms. The standard InChI is InChI=1S/C21H32N4O4/c1-6-9-21(28)15(3)25(5)11-10-20(21,13-18(26)23-19(27)22-4)17-12-16(24-29)8-7-14(17)2/h7-8,12,15,28H,6,9-11,13H2,1-5H3,(H2,22,23,26,27). The summed E-state index contributed by atoms with van der Waals surface area (Å²) in [7, 11) is 3.39. The number of carbonyl (C=O) groups excluding carboxylic acids is 2. The van der Waals surface area contributed by atoms with Crippen molar-refractivity contribution in [2.45, 2.75) is 63.5 Å². The summed E-state index contributed by atoms with van der Waals surface area (Å²) in [5.41, 5.74) is -0.338. The molecule has 2 rings (SSSR count). The Morgan fingerprint density at radius 3 is 2.66 bits per heavy atom. The van der Waals surface area contributed by atoms with E-state index in [4.69, 9.17) is 0 Å². The van der Waals surface area contributed by atoms with Crippen LogP contribution in [0.3, 0.4) is 0 Å². The molecule has 8 nitrogen and oxygen atoms in total. The quantitative estimate of drug-likeness (QED) is 0.631. The number of amides is 3. The molecule has 8 heteroatoms. The predicted molar refractivity (Wildman–Crippen MR) is 112 cm³/mol. The summed E-state index contributed by atoms with van der Waals surface area (Å²) in [6.07, 6.45) is 1.63. The largest absolute Gasteiger partial charge is 0.387 e. The van der Waals surface area contributed by atoms with Gasteiger partial charge in [0, 0.05) is 24.9 Å². The van der Waals surface area contributed by atoms with Gasteiger partial charge in [-0.25, -0.2) is 4.79 Å². The van der Waals surface area contributed by atoms with Crippen molar-refractivity contribution in [2.24, 2.45) is 5.18 Å². The van der Waals surface area contributed by atoms with Crippen LogP contribution >= 0.6 is 0 Å². The molecule has 3 atom stereocenters. The van der Waals surface area contributed by atoms with Crippen LogP contribution in [0, 0.1) is 11.8 Å². The molecule has 1 saturated heterocycles. The average Bonchev–Trinajstić information content (AvgIpc) is 2.69. The lowest BCUT2D eigenvalue weighted by Gasteiger charge is -2.57. The number of nitroso groups, excluding NO2 is 1. The molecule has 1 aromatic rings. The summed E-state index contributed by atoms with van der Waals surface area (Å²) >= 11 is 0. The van der Waals surface area contributed by atoms with Crippen molar-refractivity contribution in [2.75, 3.05) is 20.6 Å². The van der Waals surface area contributed by atoms with Gasteiger partial charge in [-0.2, -0.15) is 0 Å². The molecule has 0 aliphatic carbocycles. The number of piperidine rings is 1. The molecular formula is C21H32N4O4. The number of benzene rings is 1. The second-order valence-corrected chi connectivity index (χ2v) is 8.06. The number of aliphatic hydroxyl groups is 1. The number of hydrogen-bond donors (Lipinski definition) is 3. The van der Waals surface area contributed by atoms with Gasteiger partial charge in [-0.3, -0.25) is 10.1 Å². The summed E-state index contributed by atoms with van der Waals surface area (Å²) in [6, 6.07) is 4.27. The zero-order valence-electron chi connectivity index (χ0n) is 17.9. The van der Waals surface area contributed by atoms with Crippen molar-refractivity contribution in [3.8, 4) is 0 Å². The SMILES string of the molecule is CCCC1(O)C(C)N(C)CCC1(CC(=O)NC(=O)NC)c1cc(N=O)ccc1C. The molecule has 3 N–H and O–H groups in total. The lowest BCUT2D eigenvalue weighted by molar-refractivity contribution is -0.147. The second-order valence-electron chi connectivity index (χ2n) is 8.06. The number of nitrogens with one attached hydrogen (secondary N) is 2. The van der Waals surface area contributed by atoms with Gasteiger partial charge in [0.25, 0.3) is 0 Å². The second kappa shape index (κ2) is 9.00. The lowest BCUT2D eigenvalue weighted by atomic mass is 9.56. The van der Waals surface area contributed by atoms with E-state index in [9.17, 15) is 19.6 Å². The molecule has 3 amide bonds. The molecule has 1 aliphatic heterocycles. The summed E-state index contributed by atoms with van der Waals surface area (Å²) in [6.45, 7) is 6.51. The fraction of sp³-hybridized carbons (Fsp3) is 0.619. The minimum absolute atomic E-state index is 0.0712. The van der Waals surface area contributed by atoms with Crippen molar-refractivity contribution in [1.82, 2.24) is 15.5 Å². The van der Waals surface area contributed by atoms with Gasteiger partial charge in [0.05, 0.1) is 5.60 Å². The Labute approximate surface area is 172 Å². The highest BCUT2D eigenvalue weighted by Gasteiger charge is 2.58. The molecule has 0 saturated carbocycles. The molecule has 0 aromatic heterocycles. The van der Waals surface area contributed by atoms with E-state index in [0.29, 0.717) is 19.4 Å². The molecule has 1 aromatic carbocycles. The number of nitrogens with zero attached hydrogens (tertiary/aromatic N) is 2. The van der Waals surface area contributed by atoms with Gasteiger partial charge in [0.2, 0.25) is 5.91 Å². The summed E-state index contributed by atoms with van der Waals surface area (Å²) < 4.78 is 0. The van der Waals surface area contributed by atoms with Crippen LogP contribution in [0.1, 0.15) is 50.7 Å². The minimum atomic E-state index is -1.24. The van der Waals surface area contributed by atoms with Crippen molar-refractivity contribution in [3.05, 3.63) is 34.2 Å². The van der Waals surface area contributed by atoms with Crippen LogP contribution in [0.5, 0.6) is 0 Å². The highest BCUT2D eigenvalue weighted by Crippen LogP contribution is 2.51. The van der Waals surface area contributed by atoms with E-state index < -0.39 is 23.0 Å². The fourth-order valence-corrected chi connectivity index (χ4v) is 4.77. The van der Waals surface area contributed by atoms with E-state index >= 15 is 0 Å².